The summed E-state index contributed by atoms with van der Waals surface area (Å²) in [6.07, 6.45) is 3.78. The quantitative estimate of drug-likeness (QED) is 0.598. The van der Waals surface area contributed by atoms with Crippen molar-refractivity contribution in [3.63, 3.8) is 0 Å². The first kappa shape index (κ1) is 19.1. The van der Waals surface area contributed by atoms with E-state index in [1.807, 2.05) is 47.8 Å². The fraction of sp³-hybridized carbons (Fsp3) is 0.238. The SMILES string of the molecule is CN(C)CCCc1ccccc1Nc1ncccc1NC(=O)c1cccs1. The molecule has 0 aliphatic rings. The summed E-state index contributed by atoms with van der Waals surface area (Å²) >= 11 is 1.42. The van der Waals surface area contributed by atoms with Crippen LogP contribution < -0.4 is 10.6 Å². The van der Waals surface area contributed by atoms with E-state index in [-0.39, 0.29) is 5.91 Å². The normalized spacial score (nSPS) is 10.8. The Bertz CT molecular complexity index is 877. The van der Waals surface area contributed by atoms with Gasteiger partial charge in [0.15, 0.2) is 5.82 Å². The number of amides is 1. The van der Waals surface area contributed by atoms with E-state index in [0.29, 0.717) is 16.4 Å². The van der Waals surface area contributed by atoms with Crippen molar-refractivity contribution in [1.29, 1.82) is 0 Å². The molecule has 6 heteroatoms. The average Bonchev–Trinajstić information content (AvgIpc) is 3.19. The van der Waals surface area contributed by atoms with E-state index < -0.39 is 0 Å². The lowest BCUT2D eigenvalue weighted by Gasteiger charge is -2.15. The highest BCUT2D eigenvalue weighted by molar-refractivity contribution is 7.12. The molecule has 0 aliphatic heterocycles. The summed E-state index contributed by atoms with van der Waals surface area (Å²) < 4.78 is 0. The van der Waals surface area contributed by atoms with Gasteiger partial charge < -0.3 is 15.5 Å². The van der Waals surface area contributed by atoms with Crippen LogP contribution >= 0.6 is 11.3 Å². The lowest BCUT2D eigenvalue weighted by atomic mass is 10.1. The number of hydrogen-bond donors (Lipinski definition) is 2. The van der Waals surface area contributed by atoms with E-state index in [1.165, 1.54) is 16.9 Å². The number of thiophene rings is 1. The van der Waals surface area contributed by atoms with Crippen LogP contribution in [0.4, 0.5) is 17.2 Å². The zero-order valence-corrected chi connectivity index (χ0v) is 16.4. The maximum absolute atomic E-state index is 12.4. The molecule has 0 spiro atoms. The van der Waals surface area contributed by atoms with Crippen LogP contribution in [0.1, 0.15) is 21.7 Å². The van der Waals surface area contributed by atoms with Gasteiger partial charge in [-0.05, 0) is 68.7 Å². The van der Waals surface area contributed by atoms with E-state index in [4.69, 9.17) is 0 Å². The molecule has 2 aromatic heterocycles. The topological polar surface area (TPSA) is 57.3 Å². The lowest BCUT2D eigenvalue weighted by Crippen LogP contribution is -2.14. The number of pyridine rings is 1. The van der Waals surface area contributed by atoms with Crippen LogP contribution in [-0.4, -0.2) is 36.4 Å². The Morgan fingerprint density at radius 3 is 2.67 bits per heavy atom. The predicted molar refractivity (Wildman–Crippen MR) is 113 cm³/mol. The van der Waals surface area contributed by atoms with Crippen LogP contribution in [0.25, 0.3) is 0 Å². The van der Waals surface area contributed by atoms with Crippen molar-refractivity contribution in [3.05, 3.63) is 70.5 Å². The smallest absolute Gasteiger partial charge is 0.265 e. The van der Waals surface area contributed by atoms with Gasteiger partial charge in [0.05, 0.1) is 10.6 Å². The average molecular weight is 381 g/mol. The van der Waals surface area contributed by atoms with E-state index in [0.717, 1.165) is 25.1 Å². The molecule has 27 heavy (non-hydrogen) atoms. The Morgan fingerprint density at radius 1 is 1.07 bits per heavy atom. The molecule has 0 unspecified atom stereocenters. The third-order valence-corrected chi connectivity index (χ3v) is 4.99. The van der Waals surface area contributed by atoms with Gasteiger partial charge in [0.25, 0.3) is 5.91 Å². The van der Waals surface area contributed by atoms with Crippen molar-refractivity contribution in [2.24, 2.45) is 0 Å². The highest BCUT2D eigenvalue weighted by atomic mass is 32.1. The number of carbonyl (C=O) groups excluding carboxylic acids is 1. The van der Waals surface area contributed by atoms with Gasteiger partial charge in [-0.15, -0.1) is 11.3 Å². The van der Waals surface area contributed by atoms with Crippen LogP contribution in [0.2, 0.25) is 0 Å². The van der Waals surface area contributed by atoms with Gasteiger partial charge in [-0.25, -0.2) is 4.98 Å². The molecule has 0 atom stereocenters. The molecule has 0 aliphatic carbocycles. The standard InChI is InChI=1S/C21H24N4OS/c1-25(2)14-6-9-16-8-3-4-10-17(16)23-20-18(11-5-13-22-20)24-21(26)19-12-7-15-27-19/h3-5,7-8,10-13,15H,6,9,14H2,1-2H3,(H,22,23)(H,24,26). The van der Waals surface area contributed by atoms with Gasteiger partial charge >= 0.3 is 0 Å². The molecule has 140 valence electrons. The molecule has 2 N–H and O–H groups in total. The fourth-order valence-corrected chi connectivity index (χ4v) is 3.39. The molecule has 0 saturated heterocycles. The summed E-state index contributed by atoms with van der Waals surface area (Å²) in [5.41, 5.74) is 2.92. The predicted octanol–water partition coefficient (Wildman–Crippen LogP) is 4.63. The minimum Gasteiger partial charge on any atom is -0.338 e. The van der Waals surface area contributed by atoms with Gasteiger partial charge in [-0.2, -0.15) is 0 Å². The number of aromatic nitrogens is 1. The summed E-state index contributed by atoms with van der Waals surface area (Å²) in [6.45, 7) is 1.04. The number of para-hydroxylation sites is 1. The summed E-state index contributed by atoms with van der Waals surface area (Å²) in [4.78, 5) is 19.7. The zero-order valence-electron chi connectivity index (χ0n) is 15.6. The van der Waals surface area contributed by atoms with Crippen LogP contribution in [0.3, 0.4) is 0 Å². The number of nitrogens with one attached hydrogen (secondary N) is 2. The molecule has 0 radical (unpaired) electrons. The van der Waals surface area contributed by atoms with Crippen LogP contribution in [0.15, 0.2) is 60.1 Å². The van der Waals surface area contributed by atoms with Gasteiger partial charge in [0.2, 0.25) is 0 Å². The van der Waals surface area contributed by atoms with Gasteiger partial charge in [0, 0.05) is 11.9 Å². The van der Waals surface area contributed by atoms with E-state index in [9.17, 15) is 4.79 Å². The first-order valence-corrected chi connectivity index (χ1v) is 9.81. The largest absolute Gasteiger partial charge is 0.338 e. The Hall–Kier alpha value is -2.70. The van der Waals surface area contributed by atoms with Crippen LogP contribution in [0.5, 0.6) is 0 Å². The highest BCUT2D eigenvalue weighted by Crippen LogP contribution is 2.26. The Balaban J connectivity index is 1.75. The summed E-state index contributed by atoms with van der Waals surface area (Å²) in [7, 11) is 4.17. The molecule has 2 heterocycles. The van der Waals surface area contributed by atoms with Crippen molar-refractivity contribution >= 4 is 34.4 Å². The second-order valence-corrected chi connectivity index (χ2v) is 7.47. The van der Waals surface area contributed by atoms with Gasteiger partial charge in [-0.3, -0.25) is 4.79 Å². The molecular weight excluding hydrogens is 356 g/mol. The van der Waals surface area contributed by atoms with Crippen molar-refractivity contribution in [1.82, 2.24) is 9.88 Å². The summed E-state index contributed by atoms with van der Waals surface area (Å²) in [5.74, 6) is 0.516. The Labute approximate surface area is 164 Å². The molecule has 0 fully saturated rings. The zero-order chi connectivity index (χ0) is 19.1. The van der Waals surface area contributed by atoms with Gasteiger partial charge in [-0.1, -0.05) is 24.3 Å². The van der Waals surface area contributed by atoms with Gasteiger partial charge in [0.1, 0.15) is 0 Å². The number of benzene rings is 1. The number of anilines is 3. The summed E-state index contributed by atoms with van der Waals surface area (Å²) in [5, 5.41) is 8.23. The number of rotatable bonds is 8. The van der Waals surface area contributed by atoms with Crippen LogP contribution in [0, 0.1) is 0 Å². The Morgan fingerprint density at radius 2 is 1.89 bits per heavy atom. The highest BCUT2D eigenvalue weighted by Gasteiger charge is 2.12. The number of hydrogen-bond acceptors (Lipinski definition) is 5. The van der Waals surface area contributed by atoms with E-state index in [2.05, 4.69) is 40.7 Å². The number of nitrogens with zero attached hydrogens (tertiary/aromatic N) is 2. The van der Waals surface area contributed by atoms with Crippen molar-refractivity contribution in [2.45, 2.75) is 12.8 Å². The number of carbonyl (C=O) groups is 1. The van der Waals surface area contributed by atoms with E-state index >= 15 is 0 Å². The van der Waals surface area contributed by atoms with Crippen LogP contribution in [-0.2, 0) is 6.42 Å². The minimum absolute atomic E-state index is 0.125. The molecule has 0 bridgehead atoms. The first-order chi connectivity index (χ1) is 13.1. The molecule has 3 aromatic rings. The Kier molecular flexibility index (Phi) is 6.57. The lowest BCUT2D eigenvalue weighted by molar-refractivity contribution is 0.103. The molecule has 1 amide bonds. The molecular formula is C21H24N4OS. The van der Waals surface area contributed by atoms with Crippen molar-refractivity contribution < 1.29 is 4.79 Å². The first-order valence-electron chi connectivity index (χ1n) is 8.93. The molecule has 1 aromatic carbocycles. The van der Waals surface area contributed by atoms with Crippen molar-refractivity contribution in [3.8, 4) is 0 Å². The van der Waals surface area contributed by atoms with E-state index in [1.54, 1.807) is 6.20 Å². The maximum atomic E-state index is 12.4. The monoisotopic (exact) mass is 380 g/mol. The summed E-state index contributed by atoms with van der Waals surface area (Å²) in [6, 6.07) is 15.6. The second-order valence-electron chi connectivity index (χ2n) is 6.52. The maximum Gasteiger partial charge on any atom is 0.265 e. The second kappa shape index (κ2) is 9.30. The molecule has 0 saturated carbocycles. The molecule has 5 nitrogen and oxygen atoms in total. The minimum atomic E-state index is -0.125. The van der Waals surface area contributed by atoms with Crippen molar-refractivity contribution in [2.75, 3.05) is 31.3 Å². The molecule has 3 rings (SSSR count). The third-order valence-electron chi connectivity index (χ3n) is 4.12. The third kappa shape index (κ3) is 5.39. The number of aryl methyl sites for hydroxylation is 1. The fourth-order valence-electron chi connectivity index (χ4n) is 2.77.